The molecule has 2 aromatic carbocycles. The number of aromatic nitrogens is 4. The summed E-state index contributed by atoms with van der Waals surface area (Å²) in [4.78, 5) is 4.51. The molecule has 0 aliphatic heterocycles. The van der Waals surface area contributed by atoms with Gasteiger partial charge < -0.3 is 24.1 Å². The molecule has 1 atom stereocenters. The number of nitrogens with zero attached hydrogens (tertiary/aromatic N) is 4. The van der Waals surface area contributed by atoms with Gasteiger partial charge in [-0.3, -0.25) is 0 Å². The van der Waals surface area contributed by atoms with E-state index in [1.807, 2.05) is 24.3 Å². The van der Waals surface area contributed by atoms with E-state index < -0.39 is 10.2 Å². The van der Waals surface area contributed by atoms with Crippen LogP contribution in [0.3, 0.4) is 0 Å². The topological polar surface area (TPSA) is 123 Å². The highest BCUT2D eigenvalue weighted by atomic mass is 32.3. The van der Waals surface area contributed by atoms with Gasteiger partial charge in [-0.05, 0) is 30.7 Å². The second-order valence-electron chi connectivity index (χ2n) is 6.90. The SMILES string of the molecule is COCCCNc1nc2c([S+](=O)([O-])c3cc(OC)ccc3OC)nnn2c2ccccc12. The molecule has 1 N–H and O–H groups in total. The number of ether oxygens (including phenoxy) is 3. The van der Waals surface area contributed by atoms with Gasteiger partial charge in [-0.1, -0.05) is 26.7 Å². The largest absolute Gasteiger partial charge is 0.604 e. The van der Waals surface area contributed by atoms with E-state index in [-0.39, 0.29) is 21.3 Å². The fraction of sp³-hybridized carbons (Fsp3) is 0.286. The maximum atomic E-state index is 13.6. The van der Waals surface area contributed by atoms with Gasteiger partial charge in [-0.2, -0.15) is 4.52 Å². The highest BCUT2D eigenvalue weighted by Gasteiger charge is 2.35. The van der Waals surface area contributed by atoms with Crippen LogP contribution in [0.15, 0.2) is 52.4 Å². The van der Waals surface area contributed by atoms with Crippen molar-refractivity contribution in [3.63, 3.8) is 0 Å². The van der Waals surface area contributed by atoms with Crippen LogP contribution < -0.4 is 14.8 Å². The number of fused-ring (bicyclic) bond motifs is 3. The molecule has 4 rings (SSSR count). The number of hydrogen-bond acceptors (Lipinski definition) is 9. The van der Waals surface area contributed by atoms with Crippen LogP contribution in [0.25, 0.3) is 16.6 Å². The molecule has 4 aromatic rings. The molecule has 2 aromatic heterocycles. The summed E-state index contributed by atoms with van der Waals surface area (Å²) in [6.07, 6.45) is 0.765. The molecule has 10 nitrogen and oxygen atoms in total. The molecule has 2 heterocycles. The van der Waals surface area contributed by atoms with Crippen LogP contribution in [0, 0.1) is 0 Å². The first-order valence-electron chi connectivity index (χ1n) is 9.85. The van der Waals surface area contributed by atoms with Crippen LogP contribution in [-0.2, 0) is 19.2 Å². The lowest BCUT2D eigenvalue weighted by Gasteiger charge is -2.15. The average molecular weight is 458 g/mol. The number of nitrogens with one attached hydrogen (secondary N) is 1. The number of anilines is 1. The van der Waals surface area contributed by atoms with E-state index in [9.17, 15) is 8.76 Å². The van der Waals surface area contributed by atoms with Crippen molar-refractivity contribution in [1.82, 2.24) is 19.8 Å². The third kappa shape index (κ3) is 3.85. The van der Waals surface area contributed by atoms with E-state index in [1.165, 1.54) is 30.9 Å². The average Bonchev–Trinajstić information content (AvgIpc) is 3.26. The van der Waals surface area contributed by atoms with Crippen molar-refractivity contribution >= 4 is 32.6 Å². The van der Waals surface area contributed by atoms with Crippen molar-refractivity contribution in [2.75, 3.05) is 39.8 Å². The molecule has 168 valence electrons. The lowest BCUT2D eigenvalue weighted by molar-refractivity contribution is 0.198. The minimum Gasteiger partial charge on any atom is -0.604 e. The standard InChI is InChI=1S/C21H23N5O5S/c1-29-12-6-11-22-19-15-7-4-5-8-16(15)26-20(23-19)21(24-25-26)32(27,28)18-13-14(30-2)9-10-17(18)31-3/h4-5,7-10,13H,6,11-12H2,1-3H3,(H-,22,23,27,28). The molecule has 0 spiro atoms. The molecular weight excluding hydrogens is 434 g/mol. The van der Waals surface area contributed by atoms with Gasteiger partial charge in [0.1, 0.15) is 21.8 Å². The lowest BCUT2D eigenvalue weighted by Crippen LogP contribution is -2.15. The van der Waals surface area contributed by atoms with Crippen LogP contribution in [0.4, 0.5) is 5.82 Å². The third-order valence-electron chi connectivity index (χ3n) is 4.95. The van der Waals surface area contributed by atoms with Crippen LogP contribution in [-0.4, -0.2) is 58.8 Å². The molecule has 0 saturated heterocycles. The van der Waals surface area contributed by atoms with E-state index in [4.69, 9.17) is 14.2 Å². The van der Waals surface area contributed by atoms with Gasteiger partial charge in [-0.15, -0.1) is 0 Å². The van der Waals surface area contributed by atoms with Gasteiger partial charge in [-0.25, -0.2) is 4.98 Å². The summed E-state index contributed by atoms with van der Waals surface area (Å²) < 4.78 is 44.1. The highest BCUT2D eigenvalue weighted by molar-refractivity contribution is 7.98. The molecule has 32 heavy (non-hydrogen) atoms. The van der Waals surface area contributed by atoms with Crippen LogP contribution in [0.1, 0.15) is 6.42 Å². The normalized spacial score (nSPS) is 13.2. The van der Waals surface area contributed by atoms with Crippen molar-refractivity contribution in [2.45, 2.75) is 16.3 Å². The van der Waals surface area contributed by atoms with Crippen LogP contribution >= 0.6 is 0 Å². The number of benzene rings is 2. The predicted octanol–water partition coefficient (Wildman–Crippen LogP) is 2.79. The zero-order valence-electron chi connectivity index (χ0n) is 17.9. The fourth-order valence-electron chi connectivity index (χ4n) is 3.38. The Kier molecular flexibility index (Phi) is 6.21. The Morgan fingerprint density at radius 2 is 1.94 bits per heavy atom. The molecule has 1 unspecified atom stereocenters. The Morgan fingerprint density at radius 3 is 2.69 bits per heavy atom. The monoisotopic (exact) mass is 457 g/mol. The zero-order chi connectivity index (χ0) is 22.7. The summed E-state index contributed by atoms with van der Waals surface area (Å²) in [5.74, 6) is 1.09. The summed E-state index contributed by atoms with van der Waals surface area (Å²) in [6, 6.07) is 12.0. The quantitative estimate of drug-likeness (QED) is 0.298. The number of hydrogen-bond donors (Lipinski definition) is 1. The molecule has 0 aliphatic carbocycles. The summed E-state index contributed by atoms with van der Waals surface area (Å²) in [5, 5.41) is 11.9. The van der Waals surface area contributed by atoms with Crippen molar-refractivity contribution < 1.29 is 23.0 Å². The van der Waals surface area contributed by atoms with Crippen LogP contribution in [0.2, 0.25) is 0 Å². The Labute approximate surface area is 185 Å². The summed E-state index contributed by atoms with van der Waals surface area (Å²) in [5.41, 5.74) is 0.793. The fourth-order valence-corrected chi connectivity index (χ4v) is 4.79. The minimum absolute atomic E-state index is 0.0775. The van der Waals surface area contributed by atoms with Gasteiger partial charge in [0.15, 0.2) is 5.75 Å². The maximum absolute atomic E-state index is 13.6. The molecule has 0 amide bonds. The second kappa shape index (κ2) is 9.07. The van der Waals surface area contributed by atoms with E-state index in [2.05, 4.69) is 20.6 Å². The number of rotatable bonds is 9. The van der Waals surface area contributed by atoms with Crippen LogP contribution in [0.5, 0.6) is 11.5 Å². The Balaban J connectivity index is 1.89. The second-order valence-corrected chi connectivity index (χ2v) is 8.73. The van der Waals surface area contributed by atoms with Crippen molar-refractivity contribution in [3.05, 3.63) is 42.5 Å². The molecule has 0 radical (unpaired) electrons. The Morgan fingerprint density at radius 1 is 1.12 bits per heavy atom. The number of para-hydroxylation sites is 1. The molecule has 11 heteroatoms. The predicted molar refractivity (Wildman–Crippen MR) is 118 cm³/mol. The molecule has 0 aliphatic rings. The Hall–Kier alpha value is -3.28. The molecule has 0 fully saturated rings. The van der Waals surface area contributed by atoms with Gasteiger partial charge in [0.05, 0.1) is 19.7 Å². The minimum atomic E-state index is -4.12. The van der Waals surface area contributed by atoms with Crippen molar-refractivity contribution in [1.29, 1.82) is 0 Å². The zero-order valence-corrected chi connectivity index (χ0v) is 18.7. The van der Waals surface area contributed by atoms with E-state index >= 15 is 0 Å². The van der Waals surface area contributed by atoms with E-state index in [0.717, 1.165) is 11.8 Å². The van der Waals surface area contributed by atoms with E-state index in [1.54, 1.807) is 13.2 Å². The van der Waals surface area contributed by atoms with Gasteiger partial charge in [0, 0.05) is 31.7 Å². The maximum Gasteiger partial charge on any atom is 0.318 e. The first-order valence-corrected chi connectivity index (χ1v) is 11.3. The summed E-state index contributed by atoms with van der Waals surface area (Å²) in [7, 11) is 0.379. The highest BCUT2D eigenvalue weighted by Crippen LogP contribution is 2.37. The van der Waals surface area contributed by atoms with Gasteiger partial charge in [0.25, 0.3) is 0 Å². The summed E-state index contributed by atoms with van der Waals surface area (Å²) >= 11 is 0. The smallest absolute Gasteiger partial charge is 0.318 e. The summed E-state index contributed by atoms with van der Waals surface area (Å²) in [6.45, 7) is 1.20. The lowest BCUT2D eigenvalue weighted by atomic mass is 10.2. The number of sulfone groups is 1. The molecule has 0 bridgehead atoms. The first kappa shape index (κ1) is 21.9. The van der Waals surface area contributed by atoms with Crippen molar-refractivity contribution in [3.8, 4) is 11.5 Å². The molecular formula is C21H23N5O5S. The molecule has 0 saturated carbocycles. The van der Waals surface area contributed by atoms with E-state index in [0.29, 0.717) is 30.2 Å². The van der Waals surface area contributed by atoms with Crippen molar-refractivity contribution in [2.24, 2.45) is 0 Å². The Bertz CT molecular complexity index is 1310. The number of methoxy groups -OCH3 is 3. The first-order chi connectivity index (χ1) is 15.5. The van der Waals surface area contributed by atoms with Gasteiger partial charge >= 0.3 is 5.03 Å². The van der Waals surface area contributed by atoms with Gasteiger partial charge in [0.2, 0.25) is 10.5 Å². The third-order valence-corrected chi connectivity index (χ3v) is 6.63.